The van der Waals surface area contributed by atoms with Crippen LogP contribution in [0.4, 0.5) is 4.39 Å². The molecule has 0 radical (unpaired) electrons. The van der Waals surface area contributed by atoms with Crippen molar-refractivity contribution in [1.82, 2.24) is 9.55 Å². The molecule has 0 amide bonds. The molecule has 0 aliphatic carbocycles. The topological polar surface area (TPSA) is 126 Å². The molecule has 2 heterocycles. The lowest BCUT2D eigenvalue weighted by molar-refractivity contribution is -0.151. The molecule has 1 saturated heterocycles. The third kappa shape index (κ3) is 7.70. The Labute approximate surface area is 214 Å². The average molecular weight is 541 g/mol. The summed E-state index contributed by atoms with van der Waals surface area (Å²) in [5.74, 6) is -2.52. The maximum absolute atomic E-state index is 13.8. The largest absolute Gasteiger partial charge is 0.463 e. The molecule has 10 nitrogen and oxygen atoms in total. The lowest BCUT2D eigenvalue weighted by Crippen LogP contribution is -2.34. The van der Waals surface area contributed by atoms with Crippen molar-refractivity contribution in [3.8, 4) is 0 Å². The number of hydrogen-bond donors (Lipinski definition) is 1. The molecule has 2 aromatic rings. The van der Waals surface area contributed by atoms with Crippen LogP contribution in [0.1, 0.15) is 51.5 Å². The zero-order valence-electron chi connectivity index (χ0n) is 21.6. The van der Waals surface area contributed by atoms with Crippen LogP contribution in [0.25, 0.3) is 0 Å². The Bertz CT molecular complexity index is 1260. The van der Waals surface area contributed by atoms with E-state index >= 15 is 0 Å². The van der Waals surface area contributed by atoms with Gasteiger partial charge in [-0.3, -0.25) is 23.7 Å². The Morgan fingerprint density at radius 3 is 2.62 bits per heavy atom. The molecule has 1 aliphatic heterocycles. The highest BCUT2D eigenvalue weighted by atomic mass is 31.2. The predicted molar refractivity (Wildman–Crippen MR) is 134 cm³/mol. The van der Waals surface area contributed by atoms with Gasteiger partial charge in [0.1, 0.15) is 6.23 Å². The second kappa shape index (κ2) is 12.3. The molecule has 37 heavy (non-hydrogen) atoms. The number of benzene rings is 1. The van der Waals surface area contributed by atoms with Gasteiger partial charge >= 0.3 is 19.3 Å². The number of esters is 1. The Hall–Kier alpha value is -2.59. The molecule has 1 aromatic carbocycles. The first-order chi connectivity index (χ1) is 17.4. The number of nitrogens with one attached hydrogen (secondary N) is 1. The van der Waals surface area contributed by atoms with E-state index in [1.165, 1.54) is 0 Å². The third-order valence-corrected chi connectivity index (χ3v) is 8.20. The normalized spacial score (nSPS) is 22.1. The summed E-state index contributed by atoms with van der Waals surface area (Å²) in [6.45, 7) is 8.68. The molecule has 1 aliphatic rings. The average Bonchev–Trinajstić information content (AvgIpc) is 3.19. The van der Waals surface area contributed by atoms with Gasteiger partial charge in [0.2, 0.25) is 5.82 Å². The van der Waals surface area contributed by atoms with Crippen LogP contribution in [0.2, 0.25) is 0 Å². The number of rotatable bonds is 11. The molecule has 204 valence electrons. The van der Waals surface area contributed by atoms with Gasteiger partial charge in [-0.1, -0.05) is 38.1 Å². The van der Waals surface area contributed by atoms with E-state index in [-0.39, 0.29) is 31.4 Å². The standard InChI is InChI=1S/C25H34FN2O8P/c1-15(2)35-24(30)18(5)14-37(32,33-12-19-9-7-6-8-16(19)3)34-13-21-17(4)10-22(36-21)28-11-20(26)23(29)27-25(28)31/h6-9,11,15,17-18,21-22H,10,12-14H2,1-5H3,(H,27,29,31)/t17?,18-,21?,22?,37+/m0/s1. The van der Waals surface area contributed by atoms with Crippen molar-refractivity contribution >= 4 is 13.6 Å². The van der Waals surface area contributed by atoms with Crippen molar-refractivity contribution < 1.29 is 32.3 Å². The first kappa shape index (κ1) is 29.0. The second-order valence-corrected chi connectivity index (χ2v) is 11.8. The highest BCUT2D eigenvalue weighted by molar-refractivity contribution is 7.53. The smallest absolute Gasteiger partial charge is 0.331 e. The minimum Gasteiger partial charge on any atom is -0.463 e. The van der Waals surface area contributed by atoms with Gasteiger partial charge in [-0.05, 0) is 44.2 Å². The van der Waals surface area contributed by atoms with E-state index in [1.54, 1.807) is 20.8 Å². The summed E-state index contributed by atoms with van der Waals surface area (Å²) in [5.41, 5.74) is -0.122. The number of aromatic amines is 1. The third-order valence-electron chi connectivity index (χ3n) is 6.14. The Morgan fingerprint density at radius 2 is 1.95 bits per heavy atom. The fourth-order valence-corrected chi connectivity index (χ4v) is 5.76. The van der Waals surface area contributed by atoms with Crippen LogP contribution in [0, 0.1) is 24.6 Å². The van der Waals surface area contributed by atoms with Crippen LogP contribution in [0.3, 0.4) is 0 Å². The molecule has 3 unspecified atom stereocenters. The summed E-state index contributed by atoms with van der Waals surface area (Å²) in [6, 6.07) is 7.48. The number of carbonyl (C=O) groups excluding carboxylic acids is 1. The quantitative estimate of drug-likeness (QED) is 0.336. The number of carbonyl (C=O) groups is 1. The minimum atomic E-state index is -3.81. The fourth-order valence-electron chi connectivity index (χ4n) is 3.95. The molecule has 5 atom stereocenters. The van der Waals surface area contributed by atoms with E-state index in [0.29, 0.717) is 6.42 Å². The molecular formula is C25H34FN2O8P. The van der Waals surface area contributed by atoms with E-state index in [4.69, 9.17) is 18.5 Å². The summed E-state index contributed by atoms with van der Waals surface area (Å²) >= 11 is 0. The van der Waals surface area contributed by atoms with Crippen LogP contribution >= 0.6 is 7.60 Å². The number of aryl methyl sites for hydroxylation is 1. The van der Waals surface area contributed by atoms with Crippen molar-refractivity contribution in [2.24, 2.45) is 11.8 Å². The zero-order chi connectivity index (χ0) is 27.3. The first-order valence-corrected chi connectivity index (χ1v) is 13.9. The maximum atomic E-state index is 13.8. The van der Waals surface area contributed by atoms with E-state index in [0.717, 1.165) is 21.9 Å². The van der Waals surface area contributed by atoms with Crippen molar-refractivity contribution in [2.45, 2.75) is 66.1 Å². The summed E-state index contributed by atoms with van der Waals surface area (Å²) in [7, 11) is -3.81. The Kier molecular flexibility index (Phi) is 9.63. The van der Waals surface area contributed by atoms with Crippen molar-refractivity contribution in [3.05, 3.63) is 68.2 Å². The lowest BCUT2D eigenvalue weighted by Gasteiger charge is -2.24. The summed E-state index contributed by atoms with van der Waals surface area (Å²) in [6.07, 6.45) is -0.811. The molecule has 0 saturated carbocycles. The van der Waals surface area contributed by atoms with Crippen LogP contribution in [-0.4, -0.2) is 40.5 Å². The Balaban J connectivity index is 1.73. The van der Waals surface area contributed by atoms with E-state index in [9.17, 15) is 23.3 Å². The molecule has 1 fully saturated rings. The van der Waals surface area contributed by atoms with E-state index in [1.807, 2.05) is 43.1 Å². The first-order valence-electron chi connectivity index (χ1n) is 12.2. The van der Waals surface area contributed by atoms with Crippen molar-refractivity contribution in [1.29, 1.82) is 0 Å². The summed E-state index contributed by atoms with van der Waals surface area (Å²) in [5, 5.41) is 0. The number of aromatic nitrogens is 2. The van der Waals surface area contributed by atoms with Crippen LogP contribution < -0.4 is 11.2 Å². The van der Waals surface area contributed by atoms with Gasteiger partial charge in [0.15, 0.2) is 0 Å². The van der Waals surface area contributed by atoms with Crippen LogP contribution in [0.15, 0.2) is 40.1 Å². The zero-order valence-corrected chi connectivity index (χ0v) is 22.5. The van der Waals surface area contributed by atoms with E-state index < -0.39 is 48.9 Å². The molecule has 0 spiro atoms. The molecular weight excluding hydrogens is 506 g/mol. The van der Waals surface area contributed by atoms with Gasteiger partial charge < -0.3 is 18.5 Å². The molecule has 1 aromatic heterocycles. The minimum absolute atomic E-state index is 0.0195. The van der Waals surface area contributed by atoms with Gasteiger partial charge in [-0.2, -0.15) is 4.39 Å². The maximum Gasteiger partial charge on any atom is 0.331 e. The molecule has 12 heteroatoms. The molecule has 0 bridgehead atoms. The number of ether oxygens (including phenoxy) is 2. The van der Waals surface area contributed by atoms with Crippen molar-refractivity contribution in [3.63, 3.8) is 0 Å². The summed E-state index contributed by atoms with van der Waals surface area (Å²) in [4.78, 5) is 37.8. The Morgan fingerprint density at radius 1 is 1.24 bits per heavy atom. The van der Waals surface area contributed by atoms with Gasteiger partial charge in [0.25, 0.3) is 5.56 Å². The van der Waals surface area contributed by atoms with Gasteiger partial charge in [-0.25, -0.2) is 4.79 Å². The summed E-state index contributed by atoms with van der Waals surface area (Å²) < 4.78 is 51.3. The molecule has 1 N–H and O–H groups in total. The predicted octanol–water partition coefficient (Wildman–Crippen LogP) is 3.92. The van der Waals surface area contributed by atoms with Gasteiger partial charge in [0.05, 0.1) is 43.7 Å². The highest BCUT2D eigenvalue weighted by Crippen LogP contribution is 2.51. The lowest BCUT2D eigenvalue weighted by atomic mass is 10.0. The number of halogens is 1. The van der Waals surface area contributed by atoms with E-state index in [2.05, 4.69) is 0 Å². The number of H-pyrrole nitrogens is 1. The SMILES string of the molecule is Cc1ccccc1CO[P@](=O)(C[C@H](C)C(=O)OC(C)C)OCC1OC(n2cc(F)c(=O)[nH]c2=O)CC1C. The number of hydrogen-bond acceptors (Lipinski definition) is 8. The fraction of sp³-hybridized carbons (Fsp3) is 0.560. The van der Waals surface area contributed by atoms with Gasteiger partial charge in [0, 0.05) is 0 Å². The van der Waals surface area contributed by atoms with Crippen LogP contribution in [0.5, 0.6) is 0 Å². The van der Waals surface area contributed by atoms with Crippen LogP contribution in [-0.2, 0) is 34.5 Å². The number of nitrogens with zero attached hydrogens (tertiary/aromatic N) is 1. The second-order valence-electron chi connectivity index (χ2n) is 9.66. The monoisotopic (exact) mass is 540 g/mol. The highest BCUT2D eigenvalue weighted by Gasteiger charge is 2.38. The van der Waals surface area contributed by atoms with Gasteiger partial charge in [-0.15, -0.1) is 0 Å². The molecule has 3 rings (SSSR count). The van der Waals surface area contributed by atoms with Crippen molar-refractivity contribution in [2.75, 3.05) is 12.8 Å².